The summed E-state index contributed by atoms with van der Waals surface area (Å²) in [4.78, 5) is 6.46. The van der Waals surface area contributed by atoms with Crippen molar-refractivity contribution in [3.8, 4) is 17.5 Å². The van der Waals surface area contributed by atoms with Gasteiger partial charge in [0.15, 0.2) is 0 Å². The average molecular weight is 255 g/mol. The summed E-state index contributed by atoms with van der Waals surface area (Å²) in [5.41, 5.74) is 1.47. The van der Waals surface area contributed by atoms with Gasteiger partial charge in [-0.05, 0) is 24.3 Å². The fraction of sp³-hybridized carbons (Fsp3) is 0.308. The van der Waals surface area contributed by atoms with Crippen LogP contribution in [0.25, 0.3) is 11.4 Å². The van der Waals surface area contributed by atoms with Crippen LogP contribution in [-0.2, 0) is 0 Å². The van der Waals surface area contributed by atoms with Gasteiger partial charge >= 0.3 is 6.01 Å². The molecule has 0 spiro atoms. The highest BCUT2D eigenvalue weighted by molar-refractivity contribution is 5.57. The molecular formula is C13H13N5O. The van der Waals surface area contributed by atoms with Gasteiger partial charge in [-0.2, -0.15) is 10.2 Å². The molecule has 0 atom stereocenters. The normalized spacial score (nSPS) is 15.2. The van der Waals surface area contributed by atoms with Gasteiger partial charge < -0.3 is 14.7 Å². The Balaban J connectivity index is 1.81. The highest BCUT2D eigenvalue weighted by Crippen LogP contribution is 2.20. The van der Waals surface area contributed by atoms with E-state index in [-0.39, 0.29) is 0 Å². The molecule has 0 unspecified atom stereocenters. The van der Waals surface area contributed by atoms with Crippen molar-refractivity contribution in [1.82, 2.24) is 15.5 Å². The molecule has 2 aromatic rings. The Bertz CT molecular complexity index is 592. The van der Waals surface area contributed by atoms with E-state index in [4.69, 9.17) is 9.78 Å². The van der Waals surface area contributed by atoms with Gasteiger partial charge in [-0.3, -0.25) is 0 Å². The molecule has 1 aliphatic heterocycles. The summed E-state index contributed by atoms with van der Waals surface area (Å²) in [6.45, 7) is 3.59. The van der Waals surface area contributed by atoms with Crippen LogP contribution in [0, 0.1) is 11.3 Å². The molecule has 0 aliphatic carbocycles. The zero-order chi connectivity index (χ0) is 13.1. The lowest BCUT2D eigenvalue weighted by atomic mass is 10.1. The second kappa shape index (κ2) is 5.08. The third kappa shape index (κ3) is 2.41. The molecule has 2 heterocycles. The number of benzene rings is 1. The van der Waals surface area contributed by atoms with Crippen LogP contribution in [0.4, 0.5) is 6.01 Å². The number of nitrogens with one attached hydrogen (secondary N) is 1. The van der Waals surface area contributed by atoms with E-state index in [1.807, 2.05) is 12.1 Å². The van der Waals surface area contributed by atoms with Gasteiger partial charge in [-0.15, -0.1) is 0 Å². The van der Waals surface area contributed by atoms with Crippen LogP contribution in [0.3, 0.4) is 0 Å². The van der Waals surface area contributed by atoms with E-state index in [9.17, 15) is 0 Å². The fourth-order valence-electron chi connectivity index (χ4n) is 2.01. The molecule has 0 amide bonds. The highest BCUT2D eigenvalue weighted by atomic mass is 16.5. The molecule has 6 nitrogen and oxygen atoms in total. The van der Waals surface area contributed by atoms with Gasteiger partial charge in [0.25, 0.3) is 0 Å². The Morgan fingerprint density at radius 1 is 1.21 bits per heavy atom. The first kappa shape index (κ1) is 11.7. The monoisotopic (exact) mass is 255 g/mol. The van der Waals surface area contributed by atoms with Crippen LogP contribution in [0.15, 0.2) is 28.8 Å². The van der Waals surface area contributed by atoms with Crippen LogP contribution < -0.4 is 10.2 Å². The topological polar surface area (TPSA) is 78.0 Å². The summed E-state index contributed by atoms with van der Waals surface area (Å²) < 4.78 is 5.29. The summed E-state index contributed by atoms with van der Waals surface area (Å²) in [7, 11) is 0. The van der Waals surface area contributed by atoms with Crippen LogP contribution in [0.2, 0.25) is 0 Å². The molecule has 0 bridgehead atoms. The van der Waals surface area contributed by atoms with E-state index in [1.165, 1.54) is 0 Å². The third-order valence-corrected chi connectivity index (χ3v) is 3.08. The second-order valence-electron chi connectivity index (χ2n) is 4.33. The van der Waals surface area contributed by atoms with Crippen molar-refractivity contribution in [2.24, 2.45) is 0 Å². The van der Waals surface area contributed by atoms with Crippen LogP contribution in [0.1, 0.15) is 5.56 Å². The van der Waals surface area contributed by atoms with Gasteiger partial charge in [0.2, 0.25) is 5.82 Å². The number of hydrogen-bond donors (Lipinski definition) is 1. The molecular weight excluding hydrogens is 242 g/mol. The van der Waals surface area contributed by atoms with E-state index in [0.29, 0.717) is 17.4 Å². The average Bonchev–Trinajstić information content (AvgIpc) is 2.98. The summed E-state index contributed by atoms with van der Waals surface area (Å²) in [6.07, 6.45) is 0. The van der Waals surface area contributed by atoms with Crippen molar-refractivity contribution in [1.29, 1.82) is 5.26 Å². The number of nitrogens with zero attached hydrogens (tertiary/aromatic N) is 4. The molecule has 96 valence electrons. The van der Waals surface area contributed by atoms with E-state index in [0.717, 1.165) is 31.7 Å². The predicted molar refractivity (Wildman–Crippen MR) is 69.5 cm³/mol. The fourth-order valence-corrected chi connectivity index (χ4v) is 2.01. The Morgan fingerprint density at radius 2 is 1.95 bits per heavy atom. The summed E-state index contributed by atoms with van der Waals surface area (Å²) in [5, 5.41) is 16.0. The minimum Gasteiger partial charge on any atom is -0.322 e. The van der Waals surface area contributed by atoms with Crippen molar-refractivity contribution in [3.63, 3.8) is 0 Å². The molecule has 1 aliphatic rings. The molecule has 1 N–H and O–H groups in total. The lowest BCUT2D eigenvalue weighted by molar-refractivity contribution is 0.405. The second-order valence-corrected chi connectivity index (χ2v) is 4.33. The highest BCUT2D eigenvalue weighted by Gasteiger charge is 2.17. The van der Waals surface area contributed by atoms with E-state index in [1.54, 1.807) is 12.1 Å². The third-order valence-electron chi connectivity index (χ3n) is 3.08. The number of aromatic nitrogens is 2. The molecule has 1 fully saturated rings. The maximum absolute atomic E-state index is 8.76. The molecule has 1 saturated heterocycles. The minimum atomic E-state index is 0.554. The number of hydrogen-bond acceptors (Lipinski definition) is 6. The molecule has 3 rings (SSSR count). The van der Waals surface area contributed by atoms with E-state index >= 15 is 0 Å². The van der Waals surface area contributed by atoms with Gasteiger partial charge in [0, 0.05) is 31.7 Å². The molecule has 0 radical (unpaired) electrons. The van der Waals surface area contributed by atoms with Crippen LogP contribution in [-0.4, -0.2) is 36.3 Å². The lowest BCUT2D eigenvalue weighted by Gasteiger charge is -2.24. The molecule has 0 saturated carbocycles. The molecule has 1 aromatic carbocycles. The Hall–Kier alpha value is -2.39. The van der Waals surface area contributed by atoms with Crippen LogP contribution >= 0.6 is 0 Å². The zero-order valence-electron chi connectivity index (χ0n) is 10.3. The Kier molecular flexibility index (Phi) is 3.12. The first-order valence-corrected chi connectivity index (χ1v) is 6.17. The maximum Gasteiger partial charge on any atom is 0.324 e. The lowest BCUT2D eigenvalue weighted by Crippen LogP contribution is -2.43. The zero-order valence-corrected chi connectivity index (χ0v) is 10.3. The number of piperazine rings is 1. The Morgan fingerprint density at radius 3 is 2.63 bits per heavy atom. The van der Waals surface area contributed by atoms with Gasteiger partial charge in [0.05, 0.1) is 11.6 Å². The predicted octanol–water partition coefficient (Wildman–Crippen LogP) is 1.02. The minimum absolute atomic E-state index is 0.554. The maximum atomic E-state index is 8.76. The number of rotatable bonds is 2. The largest absolute Gasteiger partial charge is 0.324 e. The molecule has 1 aromatic heterocycles. The van der Waals surface area contributed by atoms with Gasteiger partial charge in [-0.25, -0.2) is 0 Å². The van der Waals surface area contributed by atoms with Gasteiger partial charge in [-0.1, -0.05) is 5.16 Å². The standard InChI is InChI=1S/C13H13N5O/c14-9-10-1-3-11(4-2-10)12-16-13(19-17-12)18-7-5-15-6-8-18/h1-4,15H,5-8H2. The first-order chi connectivity index (χ1) is 9.36. The van der Waals surface area contributed by atoms with Crippen molar-refractivity contribution < 1.29 is 4.52 Å². The van der Waals surface area contributed by atoms with E-state index < -0.39 is 0 Å². The number of anilines is 1. The van der Waals surface area contributed by atoms with Gasteiger partial charge in [0.1, 0.15) is 0 Å². The van der Waals surface area contributed by atoms with Crippen molar-refractivity contribution in [2.75, 3.05) is 31.1 Å². The summed E-state index contributed by atoms with van der Waals surface area (Å²) >= 11 is 0. The van der Waals surface area contributed by atoms with Crippen molar-refractivity contribution in [2.45, 2.75) is 0 Å². The molecule has 6 heteroatoms. The Labute approximate surface area is 110 Å². The smallest absolute Gasteiger partial charge is 0.322 e. The van der Waals surface area contributed by atoms with E-state index in [2.05, 4.69) is 26.4 Å². The summed E-state index contributed by atoms with van der Waals surface area (Å²) in [5.74, 6) is 0.554. The quantitative estimate of drug-likeness (QED) is 0.863. The van der Waals surface area contributed by atoms with Crippen LogP contribution in [0.5, 0.6) is 0 Å². The molecule has 19 heavy (non-hydrogen) atoms. The number of nitriles is 1. The first-order valence-electron chi connectivity index (χ1n) is 6.17. The SMILES string of the molecule is N#Cc1ccc(-c2noc(N3CCNCC3)n2)cc1. The van der Waals surface area contributed by atoms with Crippen molar-refractivity contribution >= 4 is 6.01 Å². The van der Waals surface area contributed by atoms with Crippen molar-refractivity contribution in [3.05, 3.63) is 29.8 Å². The summed E-state index contributed by atoms with van der Waals surface area (Å²) in [6, 6.07) is 9.78.